The standard InChI is InChI=1S/C21H18IN3O2/c1-10-6-11(7-16(22)21(10)27)20-14-8-12(26)2-3-13(14)19-15-9-23-25-17(15)4-5-18(19)24-20/h4-7,9,12,26-27H,2-3,8H2,1H3,(H,23,25). The molecule has 0 bridgehead atoms. The summed E-state index contributed by atoms with van der Waals surface area (Å²) in [6.45, 7) is 1.90. The number of nitrogens with one attached hydrogen (secondary N) is 1. The normalized spacial score (nSPS) is 16.8. The van der Waals surface area contributed by atoms with Gasteiger partial charge in [-0.2, -0.15) is 5.10 Å². The average Bonchev–Trinajstić information content (AvgIpc) is 3.13. The first kappa shape index (κ1) is 16.9. The average molecular weight is 471 g/mol. The van der Waals surface area contributed by atoms with Gasteiger partial charge in [0.1, 0.15) is 5.75 Å². The Morgan fingerprint density at radius 1 is 1.22 bits per heavy atom. The molecule has 1 unspecified atom stereocenters. The van der Waals surface area contributed by atoms with Crippen LogP contribution in [0, 0.1) is 10.5 Å². The molecule has 2 heterocycles. The fourth-order valence-electron chi connectivity index (χ4n) is 4.15. The first-order valence-electron chi connectivity index (χ1n) is 8.98. The highest BCUT2D eigenvalue weighted by molar-refractivity contribution is 14.1. The summed E-state index contributed by atoms with van der Waals surface area (Å²) in [5.74, 6) is 0.314. The van der Waals surface area contributed by atoms with Crippen molar-refractivity contribution in [2.24, 2.45) is 0 Å². The van der Waals surface area contributed by atoms with E-state index in [0.29, 0.717) is 12.2 Å². The van der Waals surface area contributed by atoms with E-state index in [1.165, 1.54) is 5.56 Å². The molecule has 6 heteroatoms. The summed E-state index contributed by atoms with van der Waals surface area (Å²) < 4.78 is 0.805. The number of nitrogens with zero attached hydrogens (tertiary/aromatic N) is 2. The van der Waals surface area contributed by atoms with Crippen LogP contribution in [0.4, 0.5) is 0 Å². The molecule has 2 aromatic carbocycles. The molecule has 2 aromatic heterocycles. The SMILES string of the molecule is Cc1cc(-c2nc3ccc4[nH]ncc4c3c3c2CC(O)CC3)cc(I)c1O. The maximum absolute atomic E-state index is 10.3. The lowest BCUT2D eigenvalue weighted by Crippen LogP contribution is -2.20. The van der Waals surface area contributed by atoms with E-state index in [1.807, 2.05) is 37.4 Å². The number of aromatic amines is 1. The van der Waals surface area contributed by atoms with Gasteiger partial charge in [-0.15, -0.1) is 0 Å². The predicted octanol–water partition coefficient (Wildman–Crippen LogP) is 4.25. The van der Waals surface area contributed by atoms with E-state index < -0.39 is 0 Å². The number of aromatic hydroxyl groups is 1. The van der Waals surface area contributed by atoms with Gasteiger partial charge in [-0.25, -0.2) is 4.98 Å². The van der Waals surface area contributed by atoms with Crippen LogP contribution in [-0.4, -0.2) is 31.5 Å². The summed E-state index contributed by atoms with van der Waals surface area (Å²) in [7, 11) is 0. The van der Waals surface area contributed by atoms with Crippen LogP contribution in [0.15, 0.2) is 30.5 Å². The molecule has 1 aliphatic rings. The zero-order valence-electron chi connectivity index (χ0n) is 14.8. The Balaban J connectivity index is 1.88. The molecule has 0 saturated carbocycles. The molecule has 27 heavy (non-hydrogen) atoms. The molecule has 0 aliphatic heterocycles. The second-order valence-electron chi connectivity index (χ2n) is 7.23. The smallest absolute Gasteiger partial charge is 0.131 e. The van der Waals surface area contributed by atoms with Gasteiger partial charge in [0, 0.05) is 22.8 Å². The van der Waals surface area contributed by atoms with Crippen LogP contribution >= 0.6 is 22.6 Å². The zero-order valence-corrected chi connectivity index (χ0v) is 16.9. The topological polar surface area (TPSA) is 82.0 Å². The van der Waals surface area contributed by atoms with E-state index in [2.05, 4.69) is 32.8 Å². The van der Waals surface area contributed by atoms with Gasteiger partial charge in [0.25, 0.3) is 0 Å². The molecule has 0 radical (unpaired) electrons. The molecule has 1 aliphatic carbocycles. The Kier molecular flexibility index (Phi) is 3.87. The quantitative estimate of drug-likeness (QED) is 0.363. The molecule has 1 atom stereocenters. The Morgan fingerprint density at radius 2 is 2.07 bits per heavy atom. The number of hydrogen-bond donors (Lipinski definition) is 3. The molecular weight excluding hydrogens is 453 g/mol. The second-order valence-corrected chi connectivity index (χ2v) is 8.39. The number of rotatable bonds is 1. The number of halogens is 1. The van der Waals surface area contributed by atoms with Crippen molar-refractivity contribution in [1.29, 1.82) is 0 Å². The number of aryl methyl sites for hydroxylation is 2. The van der Waals surface area contributed by atoms with Crippen molar-refractivity contribution < 1.29 is 10.2 Å². The molecule has 0 fully saturated rings. The van der Waals surface area contributed by atoms with Gasteiger partial charge in [-0.3, -0.25) is 5.10 Å². The summed E-state index contributed by atoms with van der Waals surface area (Å²) in [4.78, 5) is 5.00. The molecule has 4 aromatic rings. The van der Waals surface area contributed by atoms with Gasteiger partial charge in [0.05, 0.1) is 32.6 Å². The number of benzene rings is 2. The van der Waals surface area contributed by atoms with E-state index in [-0.39, 0.29) is 6.10 Å². The van der Waals surface area contributed by atoms with Crippen molar-refractivity contribution >= 4 is 44.4 Å². The highest BCUT2D eigenvalue weighted by atomic mass is 127. The molecule has 5 nitrogen and oxygen atoms in total. The number of pyridine rings is 1. The Labute approximate surface area is 169 Å². The van der Waals surface area contributed by atoms with Crippen LogP contribution in [-0.2, 0) is 12.8 Å². The van der Waals surface area contributed by atoms with Gasteiger partial charge >= 0.3 is 0 Å². The van der Waals surface area contributed by atoms with Gasteiger partial charge < -0.3 is 10.2 Å². The Bertz CT molecular complexity index is 1190. The molecular formula is C21H18IN3O2. The van der Waals surface area contributed by atoms with Crippen molar-refractivity contribution in [1.82, 2.24) is 15.2 Å². The third-order valence-corrected chi connectivity index (χ3v) is 6.30. The number of phenols is 1. The third-order valence-electron chi connectivity index (χ3n) is 5.48. The summed E-state index contributed by atoms with van der Waals surface area (Å²) in [5.41, 5.74) is 7.02. The monoisotopic (exact) mass is 471 g/mol. The van der Waals surface area contributed by atoms with E-state index in [4.69, 9.17) is 4.98 Å². The van der Waals surface area contributed by atoms with Gasteiger partial charge in [0.2, 0.25) is 0 Å². The summed E-state index contributed by atoms with van der Waals surface area (Å²) in [6.07, 6.45) is 3.68. The van der Waals surface area contributed by atoms with Crippen molar-refractivity contribution in [2.75, 3.05) is 0 Å². The van der Waals surface area contributed by atoms with Gasteiger partial charge in [0.15, 0.2) is 0 Å². The van der Waals surface area contributed by atoms with Crippen molar-refractivity contribution in [3.63, 3.8) is 0 Å². The van der Waals surface area contributed by atoms with Crippen molar-refractivity contribution in [3.05, 3.63) is 50.7 Å². The molecule has 0 spiro atoms. The number of H-pyrrole nitrogens is 1. The van der Waals surface area contributed by atoms with E-state index in [9.17, 15) is 10.2 Å². The Morgan fingerprint density at radius 3 is 2.89 bits per heavy atom. The summed E-state index contributed by atoms with van der Waals surface area (Å²) in [6, 6.07) is 7.98. The summed E-state index contributed by atoms with van der Waals surface area (Å²) >= 11 is 2.15. The largest absolute Gasteiger partial charge is 0.507 e. The van der Waals surface area contributed by atoms with Crippen LogP contribution in [0.1, 0.15) is 23.1 Å². The van der Waals surface area contributed by atoms with Crippen LogP contribution < -0.4 is 0 Å². The summed E-state index contributed by atoms with van der Waals surface area (Å²) in [5, 5.41) is 29.9. The first-order valence-corrected chi connectivity index (χ1v) is 10.1. The second kappa shape index (κ2) is 6.17. The fourth-order valence-corrected chi connectivity index (χ4v) is 4.92. The molecule has 136 valence electrons. The maximum Gasteiger partial charge on any atom is 0.131 e. The molecule has 0 amide bonds. The number of phenolic OH excluding ortho intramolecular Hbond substituents is 1. The van der Waals surface area contributed by atoms with Crippen LogP contribution in [0.5, 0.6) is 5.75 Å². The third kappa shape index (κ3) is 2.62. The Hall–Kier alpha value is -2.19. The lowest BCUT2D eigenvalue weighted by Gasteiger charge is -2.25. The number of aliphatic hydroxyl groups excluding tert-OH is 1. The minimum Gasteiger partial charge on any atom is -0.507 e. The highest BCUT2D eigenvalue weighted by Gasteiger charge is 2.25. The van der Waals surface area contributed by atoms with E-state index in [1.54, 1.807) is 0 Å². The van der Waals surface area contributed by atoms with Gasteiger partial charge in [-0.05, 0) is 83.3 Å². The number of aromatic nitrogens is 3. The minimum absolute atomic E-state index is 0.314. The molecule has 0 saturated heterocycles. The number of hydrogen-bond acceptors (Lipinski definition) is 4. The van der Waals surface area contributed by atoms with Crippen LogP contribution in [0.2, 0.25) is 0 Å². The highest BCUT2D eigenvalue weighted by Crippen LogP contribution is 2.39. The van der Waals surface area contributed by atoms with E-state index in [0.717, 1.165) is 60.6 Å². The number of fused-ring (bicyclic) bond motifs is 5. The number of aliphatic hydroxyl groups is 1. The lowest BCUT2D eigenvalue weighted by molar-refractivity contribution is 0.159. The zero-order chi connectivity index (χ0) is 18.7. The molecule has 5 rings (SSSR count). The van der Waals surface area contributed by atoms with Crippen LogP contribution in [0.25, 0.3) is 33.1 Å². The van der Waals surface area contributed by atoms with Crippen molar-refractivity contribution in [3.8, 4) is 17.0 Å². The van der Waals surface area contributed by atoms with Crippen molar-refractivity contribution in [2.45, 2.75) is 32.3 Å². The fraction of sp³-hybridized carbons (Fsp3) is 0.238. The maximum atomic E-state index is 10.3. The minimum atomic E-state index is -0.351. The van der Waals surface area contributed by atoms with Gasteiger partial charge in [-0.1, -0.05) is 0 Å². The van der Waals surface area contributed by atoms with E-state index >= 15 is 0 Å². The van der Waals surface area contributed by atoms with Crippen LogP contribution in [0.3, 0.4) is 0 Å². The first-order chi connectivity index (χ1) is 13.0. The molecule has 3 N–H and O–H groups in total. The lowest BCUT2D eigenvalue weighted by atomic mass is 9.84. The predicted molar refractivity (Wildman–Crippen MR) is 114 cm³/mol.